The highest BCUT2D eigenvalue weighted by molar-refractivity contribution is 5.75. The van der Waals surface area contributed by atoms with Crippen LogP contribution in [0.3, 0.4) is 0 Å². The first kappa shape index (κ1) is 42.1. The molecule has 0 aliphatic carbocycles. The van der Waals surface area contributed by atoms with Gasteiger partial charge in [-0.1, -0.05) is 6.07 Å². The predicted molar refractivity (Wildman–Crippen MR) is 244 cm³/mol. The van der Waals surface area contributed by atoms with E-state index in [0.717, 1.165) is 44.8 Å². The Hall–Kier alpha value is -7.82. The van der Waals surface area contributed by atoms with Gasteiger partial charge in [0.1, 0.15) is 23.8 Å². The third-order valence-electron chi connectivity index (χ3n) is 12.1. The van der Waals surface area contributed by atoms with Crippen molar-refractivity contribution in [3.05, 3.63) is 130 Å². The fourth-order valence-corrected chi connectivity index (χ4v) is 9.01. The topological polar surface area (TPSA) is 167 Å². The molecular weight excluding hydrogens is 845 g/mol. The van der Waals surface area contributed by atoms with Crippen molar-refractivity contribution in [3.8, 4) is 68.3 Å². The molecule has 0 saturated heterocycles. The minimum Gasteiger partial charge on any atom is -0.482 e. The molecule has 2 atom stereocenters. The van der Waals surface area contributed by atoms with Crippen LogP contribution in [0.25, 0.3) is 45.0 Å². The van der Waals surface area contributed by atoms with Crippen LogP contribution in [0, 0.1) is 11.6 Å². The van der Waals surface area contributed by atoms with E-state index >= 15 is 4.39 Å². The summed E-state index contributed by atoms with van der Waals surface area (Å²) in [4.78, 5) is 14.3. The SMILES string of the molecule is CCn1ncc2c1-c1cnc(NCOc3nn(CC)c4c3Cc3cn(C)nc3-c3ccc(F)cc3C(C)Oc3cc-4cnc3N)c(c1)OC(C)c1cc(F)ccc1-c1nc(OC)ccc1C2. The van der Waals surface area contributed by atoms with Gasteiger partial charge < -0.3 is 30.0 Å². The summed E-state index contributed by atoms with van der Waals surface area (Å²) in [5, 5.41) is 17.9. The molecule has 0 saturated carbocycles. The van der Waals surface area contributed by atoms with Crippen molar-refractivity contribution in [2.24, 2.45) is 7.05 Å². The third-order valence-corrected chi connectivity index (χ3v) is 12.1. The molecule has 0 radical (unpaired) electrons. The molecule has 8 aromatic rings. The number of nitrogens with zero attached hydrogens (tertiary/aromatic N) is 9. The molecular formula is C49H47F2N11O4. The molecule has 2 aromatic carbocycles. The second-order valence-electron chi connectivity index (χ2n) is 16.3. The Morgan fingerprint density at radius 2 is 1.44 bits per heavy atom. The lowest BCUT2D eigenvalue weighted by Gasteiger charge is -2.23. The molecule has 2 aliphatic heterocycles. The van der Waals surface area contributed by atoms with Gasteiger partial charge in [0.05, 0.1) is 36.1 Å². The van der Waals surface area contributed by atoms with Gasteiger partial charge in [0.15, 0.2) is 29.9 Å². The zero-order valence-electron chi connectivity index (χ0n) is 37.3. The normalized spacial score (nSPS) is 15.0. The minimum absolute atomic E-state index is 0.0709. The maximum atomic E-state index is 15.1. The molecule has 2 unspecified atom stereocenters. The van der Waals surface area contributed by atoms with Gasteiger partial charge >= 0.3 is 0 Å². The number of nitrogens with two attached hydrogens (primary N) is 1. The van der Waals surface area contributed by atoms with Gasteiger partial charge in [0, 0.05) is 108 Å². The minimum atomic E-state index is -0.660. The number of nitrogen functional groups attached to an aromatic ring is 1. The number of methoxy groups -OCH3 is 1. The molecule has 17 heteroatoms. The average molecular weight is 892 g/mol. The Balaban J connectivity index is 1.05. The number of rotatable bonds is 7. The summed E-state index contributed by atoms with van der Waals surface area (Å²) >= 11 is 0. The average Bonchev–Trinajstić information content (AvgIpc) is 4.01. The van der Waals surface area contributed by atoms with E-state index in [-0.39, 0.29) is 12.5 Å². The maximum absolute atomic E-state index is 15.1. The second-order valence-corrected chi connectivity index (χ2v) is 16.3. The molecule has 0 amide bonds. The zero-order chi connectivity index (χ0) is 45.8. The molecule has 0 spiro atoms. The lowest BCUT2D eigenvalue weighted by atomic mass is 9.93. The van der Waals surface area contributed by atoms with Crippen molar-refractivity contribution in [1.82, 2.24) is 44.3 Å². The quantitative estimate of drug-likeness (QED) is 0.146. The highest BCUT2D eigenvalue weighted by Crippen LogP contribution is 2.43. The largest absolute Gasteiger partial charge is 0.482 e. The van der Waals surface area contributed by atoms with Crippen LogP contribution < -0.4 is 30.0 Å². The first-order chi connectivity index (χ1) is 32.0. The van der Waals surface area contributed by atoms with Crippen molar-refractivity contribution in [3.63, 3.8) is 0 Å². The van der Waals surface area contributed by atoms with Crippen LogP contribution in [0.4, 0.5) is 20.4 Å². The Morgan fingerprint density at radius 3 is 2.17 bits per heavy atom. The van der Waals surface area contributed by atoms with E-state index in [2.05, 4.69) is 10.3 Å². The Bertz CT molecular complexity index is 3160. The van der Waals surface area contributed by atoms with Crippen molar-refractivity contribution >= 4 is 11.6 Å². The Labute approximate surface area is 379 Å². The number of nitrogens with one attached hydrogen (secondary N) is 1. The van der Waals surface area contributed by atoms with Crippen LogP contribution in [-0.2, 0) is 33.0 Å². The van der Waals surface area contributed by atoms with E-state index in [9.17, 15) is 4.39 Å². The summed E-state index contributed by atoms with van der Waals surface area (Å²) in [5.41, 5.74) is 17.0. The van der Waals surface area contributed by atoms with Crippen molar-refractivity contribution in [1.29, 1.82) is 0 Å². The van der Waals surface area contributed by atoms with Gasteiger partial charge in [-0.3, -0.25) is 14.0 Å². The van der Waals surface area contributed by atoms with Crippen molar-refractivity contribution in [2.75, 3.05) is 24.9 Å². The van der Waals surface area contributed by atoms with E-state index in [4.69, 9.17) is 49.9 Å². The number of ether oxygens (including phenoxy) is 4. The number of benzene rings is 2. The molecule has 3 N–H and O–H groups in total. The molecule has 6 aromatic heterocycles. The van der Waals surface area contributed by atoms with Gasteiger partial charge in [-0.15, -0.1) is 5.10 Å². The van der Waals surface area contributed by atoms with Crippen LogP contribution in [0.2, 0.25) is 0 Å². The van der Waals surface area contributed by atoms with Gasteiger partial charge in [-0.05, 0) is 81.8 Å². The van der Waals surface area contributed by atoms with Gasteiger partial charge in [0.2, 0.25) is 11.8 Å². The first-order valence-corrected chi connectivity index (χ1v) is 21.8. The number of halogens is 2. The molecule has 10 rings (SSSR count). The summed E-state index contributed by atoms with van der Waals surface area (Å²) in [6.07, 6.45) is 6.87. The molecule has 8 heterocycles. The van der Waals surface area contributed by atoms with Crippen LogP contribution in [-0.4, -0.2) is 58.1 Å². The second kappa shape index (κ2) is 17.0. The summed E-state index contributed by atoms with van der Waals surface area (Å²) < 4.78 is 60.9. The van der Waals surface area contributed by atoms with E-state index in [1.54, 1.807) is 36.3 Å². The number of aromatic nitrogens is 9. The summed E-state index contributed by atoms with van der Waals surface area (Å²) in [6.45, 7) is 8.80. The highest BCUT2D eigenvalue weighted by atomic mass is 19.1. The zero-order valence-corrected chi connectivity index (χ0v) is 37.3. The van der Waals surface area contributed by atoms with E-state index in [1.165, 1.54) is 24.3 Å². The van der Waals surface area contributed by atoms with Crippen LogP contribution in [0.15, 0.2) is 85.5 Å². The standard InChI is InChI=1S/C49H47F2N11O4/c1-7-61-45-29(23-56-61)15-28-9-14-42(63-6)57-43(28)35-12-10-33(50)19-37(35)27(4)66-41-18-30(45)22-54-48(41)55-25-64-49-39-16-32-24-60(5)58-44(32)36-13-11-34(51)20-38(36)26(3)65-40-17-31(21-53-47(40)52)46(39)62(8-2)59-49/h9-14,17-24,26-27H,7-8,15-16,25H2,1-6H3,(H2,52,53)(H,54,55). The predicted octanol–water partition coefficient (Wildman–Crippen LogP) is 9.11. The lowest BCUT2D eigenvalue weighted by Crippen LogP contribution is -2.14. The van der Waals surface area contributed by atoms with Crippen LogP contribution in [0.1, 0.15) is 73.3 Å². The Kier molecular flexibility index (Phi) is 10.8. The Morgan fingerprint density at radius 1 is 0.758 bits per heavy atom. The van der Waals surface area contributed by atoms with Gasteiger partial charge in [-0.2, -0.15) is 10.2 Å². The summed E-state index contributed by atoms with van der Waals surface area (Å²) in [6, 6.07) is 16.8. The van der Waals surface area contributed by atoms with E-state index < -0.39 is 23.8 Å². The van der Waals surface area contributed by atoms with Gasteiger partial charge in [0.25, 0.3) is 0 Å². The highest BCUT2D eigenvalue weighted by Gasteiger charge is 2.29. The summed E-state index contributed by atoms with van der Waals surface area (Å²) in [5.74, 6) is 1.32. The van der Waals surface area contributed by atoms with Gasteiger partial charge in [-0.25, -0.2) is 23.7 Å². The molecule has 0 fully saturated rings. The number of anilines is 2. The number of pyridine rings is 3. The lowest BCUT2D eigenvalue weighted by molar-refractivity contribution is 0.226. The fourth-order valence-electron chi connectivity index (χ4n) is 9.01. The maximum Gasteiger partial charge on any atom is 0.238 e. The van der Waals surface area contributed by atoms with Crippen molar-refractivity contribution < 1.29 is 27.7 Å². The molecule has 4 bridgehead atoms. The molecule has 2 aliphatic rings. The monoisotopic (exact) mass is 891 g/mol. The molecule has 66 heavy (non-hydrogen) atoms. The molecule has 15 nitrogen and oxygen atoms in total. The number of hydrogen-bond acceptors (Lipinski definition) is 12. The van der Waals surface area contributed by atoms with Crippen LogP contribution >= 0.6 is 0 Å². The first-order valence-electron chi connectivity index (χ1n) is 21.8. The number of hydrogen-bond donors (Lipinski definition) is 2. The molecule has 336 valence electrons. The smallest absolute Gasteiger partial charge is 0.238 e. The van der Waals surface area contributed by atoms with Crippen LogP contribution in [0.5, 0.6) is 23.3 Å². The summed E-state index contributed by atoms with van der Waals surface area (Å²) in [7, 11) is 3.42. The number of aryl methyl sites for hydroxylation is 3. The fraction of sp³-hybridized carbons (Fsp3) is 0.265. The van der Waals surface area contributed by atoms with E-state index in [1.807, 2.05) is 80.8 Å². The van der Waals surface area contributed by atoms with Crippen molar-refractivity contribution in [2.45, 2.75) is 65.8 Å². The van der Waals surface area contributed by atoms with E-state index in [0.29, 0.717) is 88.6 Å². The third kappa shape index (κ3) is 7.58. The number of fused-ring (bicyclic) bond motifs is 14.